The number of unbranched alkanes of at least 4 members (excludes halogenated alkanes) is 27. The summed E-state index contributed by atoms with van der Waals surface area (Å²) in [5.41, 5.74) is 0. The number of amides is 1. The van der Waals surface area contributed by atoms with E-state index in [0.717, 1.165) is 77.0 Å². The maximum atomic E-state index is 12.9. The van der Waals surface area contributed by atoms with Crippen molar-refractivity contribution in [2.45, 2.75) is 244 Å². The van der Waals surface area contributed by atoms with Crippen molar-refractivity contribution < 1.29 is 32.9 Å². The van der Waals surface area contributed by atoms with E-state index in [-0.39, 0.29) is 19.1 Å². The number of rotatable bonds is 46. The molecule has 0 aliphatic rings. The van der Waals surface area contributed by atoms with Gasteiger partial charge in [0.25, 0.3) is 7.82 Å². The zero-order valence-corrected chi connectivity index (χ0v) is 41.1. The van der Waals surface area contributed by atoms with E-state index >= 15 is 0 Å². The van der Waals surface area contributed by atoms with Crippen molar-refractivity contribution in [3.8, 4) is 0 Å². The fourth-order valence-electron chi connectivity index (χ4n) is 7.41. The Labute approximate surface area is 372 Å². The first-order chi connectivity index (χ1) is 29.0. The highest BCUT2D eigenvalue weighted by molar-refractivity contribution is 7.45. The van der Waals surface area contributed by atoms with Crippen LogP contribution in [0.3, 0.4) is 0 Å². The number of phosphoric acid groups is 1. The van der Waals surface area contributed by atoms with Crippen molar-refractivity contribution in [1.29, 1.82) is 0 Å². The van der Waals surface area contributed by atoms with E-state index in [1.165, 1.54) is 128 Å². The number of hydrogen-bond donors (Lipinski definition) is 2. The predicted octanol–water partition coefficient (Wildman–Crippen LogP) is 14.0. The molecule has 2 N–H and O–H groups in total. The molecule has 0 aromatic rings. The molecular weight excluding hydrogens is 768 g/mol. The molecule has 60 heavy (non-hydrogen) atoms. The zero-order valence-electron chi connectivity index (χ0n) is 40.2. The largest absolute Gasteiger partial charge is 0.756 e. The third-order valence-corrected chi connectivity index (χ3v) is 12.4. The van der Waals surface area contributed by atoms with Gasteiger partial charge in [-0.15, -0.1) is 0 Å². The Balaban J connectivity index is 4.23. The molecule has 0 aliphatic carbocycles. The van der Waals surface area contributed by atoms with Crippen molar-refractivity contribution in [1.82, 2.24) is 5.32 Å². The zero-order chi connectivity index (χ0) is 44.3. The Morgan fingerprint density at radius 1 is 0.600 bits per heavy atom. The first-order valence-electron chi connectivity index (χ1n) is 25.3. The van der Waals surface area contributed by atoms with Crippen LogP contribution in [0.2, 0.25) is 0 Å². The van der Waals surface area contributed by atoms with Crippen LogP contribution in [0.15, 0.2) is 36.5 Å². The van der Waals surface area contributed by atoms with Crippen molar-refractivity contribution >= 4 is 13.7 Å². The number of allylic oxidation sites excluding steroid dienone is 6. The molecule has 3 atom stereocenters. The van der Waals surface area contributed by atoms with E-state index < -0.39 is 20.0 Å². The number of nitrogens with zero attached hydrogens (tertiary/aromatic N) is 1. The van der Waals surface area contributed by atoms with Gasteiger partial charge < -0.3 is 28.8 Å². The van der Waals surface area contributed by atoms with Crippen molar-refractivity contribution in [2.75, 3.05) is 40.9 Å². The monoisotopic (exact) mass is 867 g/mol. The number of aliphatic hydroxyl groups is 1. The predicted molar refractivity (Wildman–Crippen MR) is 256 cm³/mol. The van der Waals surface area contributed by atoms with Gasteiger partial charge in [-0.1, -0.05) is 217 Å². The van der Waals surface area contributed by atoms with Crippen LogP contribution in [-0.2, 0) is 18.4 Å². The Kier molecular flexibility index (Phi) is 42.1. The molecule has 9 heteroatoms. The van der Waals surface area contributed by atoms with E-state index in [0.29, 0.717) is 23.9 Å². The summed E-state index contributed by atoms with van der Waals surface area (Å²) in [6.45, 7) is 4.61. The van der Waals surface area contributed by atoms with Crippen LogP contribution in [0.1, 0.15) is 232 Å². The summed E-state index contributed by atoms with van der Waals surface area (Å²) >= 11 is 0. The molecule has 0 heterocycles. The lowest BCUT2D eigenvalue weighted by Gasteiger charge is -2.30. The number of aliphatic hydroxyl groups excluding tert-OH is 1. The van der Waals surface area contributed by atoms with E-state index in [2.05, 4.69) is 55.6 Å². The first-order valence-corrected chi connectivity index (χ1v) is 26.8. The first kappa shape index (κ1) is 58.7. The van der Waals surface area contributed by atoms with Crippen molar-refractivity contribution in [2.24, 2.45) is 0 Å². The van der Waals surface area contributed by atoms with Gasteiger partial charge in [0.05, 0.1) is 39.9 Å². The van der Waals surface area contributed by atoms with Gasteiger partial charge in [-0.2, -0.15) is 0 Å². The minimum Gasteiger partial charge on any atom is -0.756 e. The highest BCUT2D eigenvalue weighted by atomic mass is 31.2. The molecule has 3 unspecified atom stereocenters. The number of nitrogens with one attached hydrogen (secondary N) is 1. The van der Waals surface area contributed by atoms with Crippen LogP contribution in [0.25, 0.3) is 0 Å². The van der Waals surface area contributed by atoms with Gasteiger partial charge in [0.1, 0.15) is 13.2 Å². The molecule has 0 aromatic heterocycles. The summed E-state index contributed by atoms with van der Waals surface area (Å²) in [4.78, 5) is 25.4. The quantitative estimate of drug-likeness (QED) is 0.0273. The summed E-state index contributed by atoms with van der Waals surface area (Å²) < 4.78 is 23.3. The van der Waals surface area contributed by atoms with Crippen LogP contribution in [0.5, 0.6) is 0 Å². The van der Waals surface area contributed by atoms with E-state index in [9.17, 15) is 19.4 Å². The maximum absolute atomic E-state index is 12.9. The molecule has 0 aliphatic heterocycles. The number of phosphoric ester groups is 1. The van der Waals surface area contributed by atoms with E-state index in [4.69, 9.17) is 9.05 Å². The highest BCUT2D eigenvalue weighted by Gasteiger charge is 2.24. The second kappa shape index (κ2) is 43.0. The van der Waals surface area contributed by atoms with Gasteiger partial charge in [0.15, 0.2) is 0 Å². The van der Waals surface area contributed by atoms with Crippen LogP contribution in [0.4, 0.5) is 0 Å². The topological polar surface area (TPSA) is 108 Å². The third kappa shape index (κ3) is 44.8. The summed E-state index contributed by atoms with van der Waals surface area (Å²) in [5, 5.41) is 14.0. The van der Waals surface area contributed by atoms with E-state index in [1.54, 1.807) is 0 Å². The van der Waals surface area contributed by atoms with Crippen molar-refractivity contribution in [3.05, 3.63) is 36.5 Å². The lowest BCUT2D eigenvalue weighted by Crippen LogP contribution is -2.46. The second-order valence-corrected chi connectivity index (χ2v) is 19.9. The van der Waals surface area contributed by atoms with E-state index in [1.807, 2.05) is 21.1 Å². The van der Waals surface area contributed by atoms with Gasteiger partial charge >= 0.3 is 0 Å². The van der Waals surface area contributed by atoms with Gasteiger partial charge in [0, 0.05) is 6.42 Å². The molecule has 0 fully saturated rings. The molecule has 0 saturated carbocycles. The standard InChI is InChI=1S/C51H99N2O6P/c1-6-8-10-12-14-16-18-20-22-23-24-25-26-27-28-29-31-32-34-36-38-40-42-44-50(54)49(48-59-60(56,57)58-47-46-53(3,4)5)52-51(55)45-43-41-39-37-35-33-30-21-19-17-15-13-11-9-7-2/h9,11,15,17,21,30,49-50,54H,6-8,10,12-14,16,18-20,22-29,31-48H2,1-5H3,(H-,52,55,56,57)/b11-9-,17-15-,30-21-. The number of quaternary nitrogens is 1. The normalized spacial score (nSPS) is 14.4. The molecule has 1 amide bonds. The van der Waals surface area contributed by atoms with Gasteiger partial charge in [-0.25, -0.2) is 0 Å². The number of likely N-dealkylation sites (N-methyl/N-ethyl adjacent to an activating group) is 1. The maximum Gasteiger partial charge on any atom is 0.268 e. The fraction of sp³-hybridized carbons (Fsp3) is 0.863. The average molecular weight is 867 g/mol. The lowest BCUT2D eigenvalue weighted by atomic mass is 10.0. The average Bonchev–Trinajstić information content (AvgIpc) is 3.20. The molecule has 354 valence electrons. The SMILES string of the molecule is CC/C=C\C/C=C\C/C=C\CCCCCCCC(=O)NC(COP(=O)([O-])OCC[N+](C)(C)C)C(O)CCCCCCCCCCCCCCCCCCCCCCCCC. The molecule has 0 spiro atoms. The van der Waals surface area contributed by atoms with Crippen LogP contribution in [-0.4, -0.2) is 68.5 Å². The summed E-state index contributed by atoms with van der Waals surface area (Å²) in [6, 6.07) is -0.809. The van der Waals surface area contributed by atoms with Crippen LogP contribution < -0.4 is 10.2 Å². The highest BCUT2D eigenvalue weighted by Crippen LogP contribution is 2.38. The summed E-state index contributed by atoms with van der Waals surface area (Å²) in [5.74, 6) is -0.181. The number of carbonyl (C=O) groups excluding carboxylic acids is 1. The number of carbonyl (C=O) groups is 1. The smallest absolute Gasteiger partial charge is 0.268 e. The van der Waals surface area contributed by atoms with Gasteiger partial charge in [-0.05, 0) is 44.9 Å². The Morgan fingerprint density at radius 3 is 1.48 bits per heavy atom. The molecule has 0 aromatic carbocycles. The second-order valence-electron chi connectivity index (χ2n) is 18.5. The molecular formula is C51H99N2O6P. The Hall–Kier alpha value is -1.28. The molecule has 0 bridgehead atoms. The fourth-order valence-corrected chi connectivity index (χ4v) is 8.13. The summed E-state index contributed by atoms with van der Waals surface area (Å²) in [7, 11) is 1.29. The van der Waals surface area contributed by atoms with Gasteiger partial charge in [-0.3, -0.25) is 9.36 Å². The molecule has 0 rings (SSSR count). The Bertz CT molecular complexity index is 1070. The Morgan fingerprint density at radius 2 is 1.02 bits per heavy atom. The molecule has 0 radical (unpaired) electrons. The minimum atomic E-state index is -4.57. The number of hydrogen-bond acceptors (Lipinski definition) is 6. The summed E-state index contributed by atoms with van der Waals surface area (Å²) in [6.07, 6.45) is 53.0. The van der Waals surface area contributed by atoms with Crippen molar-refractivity contribution in [3.63, 3.8) is 0 Å². The van der Waals surface area contributed by atoms with Gasteiger partial charge in [0.2, 0.25) is 5.91 Å². The van der Waals surface area contributed by atoms with Crippen LogP contribution >= 0.6 is 7.82 Å². The lowest BCUT2D eigenvalue weighted by molar-refractivity contribution is -0.870. The molecule has 8 nitrogen and oxygen atoms in total. The van der Waals surface area contributed by atoms with Crippen LogP contribution in [0, 0.1) is 0 Å². The molecule has 0 saturated heterocycles. The third-order valence-electron chi connectivity index (χ3n) is 11.4. The minimum absolute atomic E-state index is 0.00813.